The Morgan fingerprint density at radius 3 is 1.60 bits per heavy atom. The normalized spacial score (nSPS) is 14.3. The number of hydrogen-bond donors (Lipinski definition) is 0. The number of nitrogens with zero attached hydrogens (tertiary/aromatic N) is 1. The van der Waals surface area contributed by atoms with Gasteiger partial charge in [-0.05, 0) is 133 Å². The maximum atomic E-state index is 2.43. The molecule has 0 bridgehead atoms. The summed E-state index contributed by atoms with van der Waals surface area (Å²) >= 11 is 1.87. The van der Waals surface area contributed by atoms with Crippen LogP contribution in [0.2, 0.25) is 0 Å². The third kappa shape index (κ3) is 5.90. The number of anilines is 3. The smallest absolute Gasteiger partial charge is 0.0462 e. The van der Waals surface area contributed by atoms with Crippen molar-refractivity contribution in [2.75, 3.05) is 4.90 Å². The average molecular weight is 808 g/mol. The summed E-state index contributed by atoms with van der Waals surface area (Å²) in [6, 6.07) is 84.9. The lowest BCUT2D eigenvalue weighted by Crippen LogP contribution is -2.22. The summed E-state index contributed by atoms with van der Waals surface area (Å²) in [7, 11) is 0. The maximum Gasteiger partial charge on any atom is 0.0462 e. The van der Waals surface area contributed by atoms with Crippen LogP contribution < -0.4 is 4.90 Å². The minimum atomic E-state index is -0.242. The van der Waals surface area contributed by atoms with E-state index >= 15 is 0 Å². The van der Waals surface area contributed by atoms with Crippen LogP contribution in [0.5, 0.6) is 0 Å². The highest BCUT2D eigenvalue weighted by Crippen LogP contribution is 2.53. The van der Waals surface area contributed by atoms with Crippen molar-refractivity contribution in [3.05, 3.63) is 247 Å². The van der Waals surface area contributed by atoms with Crippen LogP contribution in [0.15, 0.2) is 231 Å². The van der Waals surface area contributed by atoms with E-state index in [1.165, 1.54) is 92.1 Å². The molecule has 0 saturated carbocycles. The molecule has 292 valence electrons. The van der Waals surface area contributed by atoms with E-state index in [9.17, 15) is 0 Å². The number of hydrogen-bond acceptors (Lipinski definition) is 2. The van der Waals surface area contributed by atoms with Crippen molar-refractivity contribution < 1.29 is 0 Å². The van der Waals surface area contributed by atoms with Crippen molar-refractivity contribution in [3.8, 4) is 44.5 Å². The van der Waals surface area contributed by atoms with Crippen molar-refractivity contribution in [1.82, 2.24) is 0 Å². The fourth-order valence-corrected chi connectivity index (χ4v) is 11.1. The van der Waals surface area contributed by atoms with Crippen molar-refractivity contribution in [3.63, 3.8) is 0 Å². The summed E-state index contributed by atoms with van der Waals surface area (Å²) in [5, 5.41) is 5.16. The van der Waals surface area contributed by atoms with Gasteiger partial charge >= 0.3 is 0 Å². The molecular formula is C60H41NS. The molecule has 1 unspecified atom stereocenters. The molecule has 1 aromatic heterocycles. The summed E-state index contributed by atoms with van der Waals surface area (Å²) in [6.45, 7) is 2.39. The first-order valence-electron chi connectivity index (χ1n) is 21.4. The van der Waals surface area contributed by atoms with Crippen LogP contribution in [-0.2, 0) is 5.41 Å². The number of fused-ring (bicyclic) bond motifs is 7. The molecule has 62 heavy (non-hydrogen) atoms. The molecule has 0 spiro atoms. The second-order valence-electron chi connectivity index (χ2n) is 16.6. The lowest BCUT2D eigenvalue weighted by molar-refractivity contribution is 0.714. The zero-order valence-corrected chi connectivity index (χ0v) is 35.1. The van der Waals surface area contributed by atoms with Gasteiger partial charge in [-0.3, -0.25) is 0 Å². The molecule has 1 aliphatic carbocycles. The van der Waals surface area contributed by atoms with Crippen LogP contribution in [0.3, 0.4) is 0 Å². The average Bonchev–Trinajstić information content (AvgIpc) is 3.85. The Balaban J connectivity index is 0.924. The second-order valence-corrected chi connectivity index (χ2v) is 17.7. The molecule has 0 aliphatic heterocycles. The first-order chi connectivity index (χ1) is 30.6. The van der Waals surface area contributed by atoms with Gasteiger partial charge in [0.1, 0.15) is 0 Å². The largest absolute Gasteiger partial charge is 0.311 e. The van der Waals surface area contributed by atoms with Crippen LogP contribution >= 0.6 is 11.3 Å². The van der Waals surface area contributed by atoms with Gasteiger partial charge in [0.25, 0.3) is 0 Å². The Kier molecular flexibility index (Phi) is 8.55. The van der Waals surface area contributed by atoms with Crippen molar-refractivity contribution in [2.24, 2.45) is 0 Å². The second kappa shape index (κ2) is 14.6. The van der Waals surface area contributed by atoms with E-state index in [2.05, 4.69) is 242 Å². The van der Waals surface area contributed by atoms with E-state index in [4.69, 9.17) is 0 Å². The van der Waals surface area contributed by atoms with Gasteiger partial charge < -0.3 is 4.90 Å². The third-order valence-corrected chi connectivity index (χ3v) is 14.3. The molecule has 12 rings (SSSR count). The molecular weight excluding hydrogens is 767 g/mol. The van der Waals surface area contributed by atoms with Crippen LogP contribution in [0, 0.1) is 0 Å². The van der Waals surface area contributed by atoms with E-state index in [0.29, 0.717) is 0 Å². The Hall–Kier alpha value is -7.52. The Labute approximate surface area is 366 Å². The Morgan fingerprint density at radius 2 is 0.855 bits per heavy atom. The van der Waals surface area contributed by atoms with Crippen molar-refractivity contribution in [1.29, 1.82) is 0 Å². The molecule has 11 aromatic rings. The van der Waals surface area contributed by atoms with Gasteiger partial charge in [0.15, 0.2) is 0 Å². The molecule has 1 nitrogen and oxygen atoms in total. The van der Waals surface area contributed by atoms with E-state index in [1.54, 1.807) is 0 Å². The van der Waals surface area contributed by atoms with Crippen LogP contribution in [-0.4, -0.2) is 0 Å². The lowest BCUT2D eigenvalue weighted by Gasteiger charge is -2.28. The minimum Gasteiger partial charge on any atom is -0.311 e. The van der Waals surface area contributed by atoms with E-state index in [-0.39, 0.29) is 5.41 Å². The summed E-state index contributed by atoms with van der Waals surface area (Å²) < 4.78 is 2.65. The molecule has 1 heterocycles. The monoisotopic (exact) mass is 807 g/mol. The fraction of sp³-hybridized carbons (Fsp3) is 0.0333. The standard InChI is InChI=1S/C60H41NS/c1-60(46-14-3-2-4-15-46)56-20-9-7-17-52(56)53-36-28-44(38-57(53)60)40-22-30-47(31-23-40)61(49-34-26-43(27-35-49)51-19-11-13-42-12-5-6-16-50(42)51)48-32-24-41(25-33-48)45-29-37-55-54-18-8-10-21-58(54)62-59(55)39-45/h2-39H,1H3. The predicted octanol–water partition coefficient (Wildman–Crippen LogP) is 17.0. The van der Waals surface area contributed by atoms with E-state index in [0.717, 1.165) is 17.1 Å². The Bertz CT molecular complexity index is 3450. The molecule has 0 fully saturated rings. The zero-order chi connectivity index (χ0) is 41.2. The number of benzene rings is 10. The first kappa shape index (κ1) is 36.3. The van der Waals surface area contributed by atoms with Gasteiger partial charge in [-0.15, -0.1) is 11.3 Å². The summed E-state index contributed by atoms with van der Waals surface area (Å²) in [6.07, 6.45) is 0. The molecule has 0 N–H and O–H groups in total. The van der Waals surface area contributed by atoms with E-state index < -0.39 is 0 Å². The summed E-state index contributed by atoms with van der Waals surface area (Å²) in [5.74, 6) is 0. The topological polar surface area (TPSA) is 3.24 Å². The van der Waals surface area contributed by atoms with E-state index in [1.807, 2.05) is 11.3 Å². The zero-order valence-electron chi connectivity index (χ0n) is 34.3. The molecule has 1 atom stereocenters. The molecule has 10 aromatic carbocycles. The molecule has 0 saturated heterocycles. The number of rotatable bonds is 7. The summed E-state index contributed by atoms with van der Waals surface area (Å²) in [5.41, 5.74) is 17.0. The van der Waals surface area contributed by atoms with Gasteiger partial charge in [0.2, 0.25) is 0 Å². The van der Waals surface area contributed by atoms with Crippen LogP contribution in [0.1, 0.15) is 23.6 Å². The van der Waals surface area contributed by atoms with Crippen molar-refractivity contribution >= 4 is 59.3 Å². The highest BCUT2D eigenvalue weighted by Gasteiger charge is 2.40. The SMILES string of the molecule is CC1(c2ccccc2)c2ccccc2-c2ccc(-c3ccc(N(c4ccc(-c5ccc6c(c5)sc5ccccc56)cc4)c4ccc(-c5cccc6ccccc56)cc4)cc3)cc21. The third-order valence-electron chi connectivity index (χ3n) is 13.2. The maximum absolute atomic E-state index is 2.43. The van der Waals surface area contributed by atoms with Gasteiger partial charge in [0.05, 0.1) is 0 Å². The minimum absolute atomic E-state index is 0.242. The highest BCUT2D eigenvalue weighted by atomic mass is 32.1. The first-order valence-corrected chi connectivity index (χ1v) is 22.2. The summed E-state index contributed by atoms with van der Waals surface area (Å²) in [4.78, 5) is 2.38. The lowest BCUT2D eigenvalue weighted by atomic mass is 9.74. The molecule has 0 amide bonds. The molecule has 2 heteroatoms. The fourth-order valence-electron chi connectivity index (χ4n) is 9.98. The molecule has 0 radical (unpaired) electrons. The van der Waals surface area contributed by atoms with Gasteiger partial charge in [0, 0.05) is 42.6 Å². The van der Waals surface area contributed by atoms with Gasteiger partial charge in [-0.2, -0.15) is 0 Å². The molecule has 1 aliphatic rings. The Morgan fingerprint density at radius 1 is 0.339 bits per heavy atom. The van der Waals surface area contributed by atoms with Crippen molar-refractivity contribution in [2.45, 2.75) is 12.3 Å². The van der Waals surface area contributed by atoms with Gasteiger partial charge in [-0.25, -0.2) is 0 Å². The van der Waals surface area contributed by atoms with Gasteiger partial charge in [-0.1, -0.05) is 176 Å². The van der Waals surface area contributed by atoms with Crippen LogP contribution in [0.25, 0.3) is 75.5 Å². The van der Waals surface area contributed by atoms with Crippen LogP contribution in [0.4, 0.5) is 17.1 Å². The predicted molar refractivity (Wildman–Crippen MR) is 265 cm³/mol. The highest BCUT2D eigenvalue weighted by molar-refractivity contribution is 7.25. The number of thiophene rings is 1. The quantitative estimate of drug-likeness (QED) is 0.155.